The van der Waals surface area contributed by atoms with Crippen LogP contribution >= 0.6 is 23.2 Å². The van der Waals surface area contributed by atoms with E-state index in [4.69, 9.17) is 23.2 Å². The lowest BCUT2D eigenvalue weighted by molar-refractivity contribution is -0.116. The van der Waals surface area contributed by atoms with Gasteiger partial charge in [-0.05, 0) is 56.7 Å². The summed E-state index contributed by atoms with van der Waals surface area (Å²) in [5.41, 5.74) is 5.35. The predicted molar refractivity (Wildman–Crippen MR) is 121 cm³/mol. The van der Waals surface area contributed by atoms with Gasteiger partial charge in [-0.1, -0.05) is 29.3 Å². The lowest BCUT2D eigenvalue weighted by Crippen LogP contribution is -2.16. The molecule has 156 valence electrons. The summed E-state index contributed by atoms with van der Waals surface area (Å²) in [4.78, 5) is 23.8. The van der Waals surface area contributed by atoms with Crippen LogP contribution in [0.25, 0.3) is 5.69 Å². The van der Waals surface area contributed by atoms with Gasteiger partial charge in [-0.2, -0.15) is 5.10 Å². The van der Waals surface area contributed by atoms with Crippen molar-refractivity contribution in [3.8, 4) is 5.69 Å². The third-order valence-electron chi connectivity index (χ3n) is 4.74. The van der Waals surface area contributed by atoms with Crippen molar-refractivity contribution in [2.24, 2.45) is 0 Å². The number of amides is 2. The van der Waals surface area contributed by atoms with Gasteiger partial charge in [-0.25, -0.2) is 4.68 Å². The number of carbonyl (C=O) groups excluding carboxylic acids is 2. The number of rotatable bonds is 5. The van der Waals surface area contributed by atoms with E-state index in [0.717, 1.165) is 28.2 Å². The number of aryl methyl sites for hydroxylation is 2. The maximum absolute atomic E-state index is 12.6. The zero-order valence-electron chi connectivity index (χ0n) is 17.1. The summed E-state index contributed by atoms with van der Waals surface area (Å²) in [5.74, 6) is -0.405. The first kappa shape index (κ1) is 21.9. The molecule has 0 spiro atoms. The summed E-state index contributed by atoms with van der Waals surface area (Å²) < 4.78 is 1.79. The van der Waals surface area contributed by atoms with Gasteiger partial charge in [-0.3, -0.25) is 9.59 Å². The zero-order chi connectivity index (χ0) is 22.0. The number of benzene rings is 2. The molecule has 2 N–H and O–H groups in total. The standard InChI is InChI=1S/C22H22Cl2N4O2/c1-12-5-7-17(10-19(12)23)28-14(3)18(13(2)27-28)11-22(30)26-21-8-6-16(9-20(21)24)25-15(4)29/h5-10H,11H2,1-4H3,(H,25,29)(H,26,30). The molecular formula is C22H22Cl2N4O2. The second-order valence-electron chi connectivity index (χ2n) is 7.10. The van der Waals surface area contributed by atoms with Crippen LogP contribution in [0.4, 0.5) is 11.4 Å². The molecule has 3 rings (SSSR count). The highest BCUT2D eigenvalue weighted by molar-refractivity contribution is 6.34. The number of nitrogens with one attached hydrogen (secondary N) is 2. The third-order valence-corrected chi connectivity index (χ3v) is 5.46. The Morgan fingerprint density at radius 3 is 2.37 bits per heavy atom. The first-order valence-electron chi connectivity index (χ1n) is 9.34. The van der Waals surface area contributed by atoms with E-state index in [9.17, 15) is 9.59 Å². The zero-order valence-corrected chi connectivity index (χ0v) is 18.6. The summed E-state index contributed by atoms with van der Waals surface area (Å²) in [6, 6.07) is 10.7. The van der Waals surface area contributed by atoms with Crippen molar-refractivity contribution in [2.75, 3.05) is 10.6 Å². The Hall–Kier alpha value is -2.83. The maximum atomic E-state index is 12.6. The minimum atomic E-state index is -0.211. The fourth-order valence-corrected chi connectivity index (χ4v) is 3.55. The Morgan fingerprint density at radius 1 is 1.00 bits per heavy atom. The van der Waals surface area contributed by atoms with Crippen LogP contribution in [0, 0.1) is 20.8 Å². The molecule has 0 aliphatic carbocycles. The summed E-state index contributed by atoms with van der Waals surface area (Å²) in [5, 5.41) is 11.1. The fourth-order valence-electron chi connectivity index (χ4n) is 3.15. The highest BCUT2D eigenvalue weighted by Gasteiger charge is 2.17. The molecule has 0 unspecified atom stereocenters. The van der Waals surface area contributed by atoms with Crippen molar-refractivity contribution < 1.29 is 9.59 Å². The molecule has 2 aromatic carbocycles. The number of hydrogen-bond donors (Lipinski definition) is 2. The molecule has 6 nitrogen and oxygen atoms in total. The van der Waals surface area contributed by atoms with Crippen molar-refractivity contribution in [1.82, 2.24) is 9.78 Å². The number of aromatic nitrogens is 2. The van der Waals surface area contributed by atoms with Gasteiger partial charge in [-0.15, -0.1) is 0 Å². The number of hydrogen-bond acceptors (Lipinski definition) is 3. The summed E-state index contributed by atoms with van der Waals surface area (Å²) in [7, 11) is 0. The van der Waals surface area contributed by atoms with Gasteiger partial charge in [0.1, 0.15) is 0 Å². The van der Waals surface area contributed by atoms with Crippen LogP contribution in [-0.4, -0.2) is 21.6 Å². The first-order chi connectivity index (χ1) is 14.2. The summed E-state index contributed by atoms with van der Waals surface area (Å²) in [6.45, 7) is 7.15. The lowest BCUT2D eigenvalue weighted by atomic mass is 10.1. The number of carbonyl (C=O) groups is 2. The van der Waals surface area contributed by atoms with Crippen molar-refractivity contribution >= 4 is 46.4 Å². The van der Waals surface area contributed by atoms with Gasteiger partial charge in [0.15, 0.2) is 0 Å². The molecule has 0 fully saturated rings. The highest BCUT2D eigenvalue weighted by Crippen LogP contribution is 2.27. The Balaban J connectivity index is 1.78. The summed E-state index contributed by atoms with van der Waals surface area (Å²) >= 11 is 12.5. The van der Waals surface area contributed by atoms with Crippen LogP contribution in [0.1, 0.15) is 29.4 Å². The highest BCUT2D eigenvalue weighted by atomic mass is 35.5. The average Bonchev–Trinajstić information content (AvgIpc) is 2.94. The van der Waals surface area contributed by atoms with Crippen LogP contribution in [0.2, 0.25) is 10.0 Å². The van der Waals surface area contributed by atoms with E-state index < -0.39 is 0 Å². The molecule has 0 radical (unpaired) electrons. The SMILES string of the molecule is CC(=O)Nc1ccc(NC(=O)Cc2c(C)nn(-c3ccc(C)c(Cl)c3)c2C)c(Cl)c1. The van der Waals surface area contributed by atoms with Crippen LogP contribution in [-0.2, 0) is 16.0 Å². The molecule has 30 heavy (non-hydrogen) atoms. The van der Waals surface area contributed by atoms with E-state index in [2.05, 4.69) is 15.7 Å². The molecular weight excluding hydrogens is 423 g/mol. The minimum absolute atomic E-state index is 0.154. The fraction of sp³-hybridized carbons (Fsp3) is 0.227. The van der Waals surface area contributed by atoms with Gasteiger partial charge < -0.3 is 10.6 Å². The first-order valence-corrected chi connectivity index (χ1v) is 10.1. The van der Waals surface area contributed by atoms with Crippen LogP contribution in [0.5, 0.6) is 0 Å². The Labute approximate surface area is 185 Å². The largest absolute Gasteiger partial charge is 0.326 e. The second-order valence-corrected chi connectivity index (χ2v) is 7.91. The van der Waals surface area contributed by atoms with Gasteiger partial charge in [0, 0.05) is 28.9 Å². The van der Waals surface area contributed by atoms with Gasteiger partial charge in [0.25, 0.3) is 0 Å². The molecule has 2 amide bonds. The lowest BCUT2D eigenvalue weighted by Gasteiger charge is -2.10. The second kappa shape index (κ2) is 8.90. The molecule has 0 atom stereocenters. The van der Waals surface area contributed by atoms with Crippen molar-refractivity contribution in [1.29, 1.82) is 0 Å². The van der Waals surface area contributed by atoms with Gasteiger partial charge >= 0.3 is 0 Å². The number of anilines is 2. The van der Waals surface area contributed by atoms with E-state index in [-0.39, 0.29) is 18.2 Å². The molecule has 1 heterocycles. The molecule has 0 aliphatic heterocycles. The average molecular weight is 445 g/mol. The molecule has 8 heteroatoms. The smallest absolute Gasteiger partial charge is 0.228 e. The van der Waals surface area contributed by atoms with E-state index in [1.165, 1.54) is 6.92 Å². The minimum Gasteiger partial charge on any atom is -0.326 e. The Morgan fingerprint density at radius 2 is 1.73 bits per heavy atom. The normalized spacial score (nSPS) is 10.7. The van der Waals surface area contributed by atoms with Crippen molar-refractivity contribution in [3.63, 3.8) is 0 Å². The van der Waals surface area contributed by atoms with E-state index in [1.807, 2.05) is 39.0 Å². The molecule has 1 aromatic heterocycles. The molecule has 0 bridgehead atoms. The van der Waals surface area contributed by atoms with Crippen LogP contribution < -0.4 is 10.6 Å². The molecule has 0 saturated carbocycles. The maximum Gasteiger partial charge on any atom is 0.228 e. The predicted octanol–water partition coefficient (Wildman–Crippen LogP) is 5.24. The van der Waals surface area contributed by atoms with Gasteiger partial charge in [0.05, 0.1) is 28.5 Å². The molecule has 3 aromatic rings. The monoisotopic (exact) mass is 444 g/mol. The van der Waals surface area contributed by atoms with Crippen LogP contribution in [0.3, 0.4) is 0 Å². The Kier molecular flexibility index (Phi) is 6.48. The van der Waals surface area contributed by atoms with Crippen LogP contribution in [0.15, 0.2) is 36.4 Å². The van der Waals surface area contributed by atoms with E-state index >= 15 is 0 Å². The Bertz CT molecular complexity index is 1140. The quantitative estimate of drug-likeness (QED) is 0.564. The topological polar surface area (TPSA) is 76.0 Å². The van der Waals surface area contributed by atoms with Crippen molar-refractivity contribution in [3.05, 3.63) is 69.0 Å². The van der Waals surface area contributed by atoms with Crippen molar-refractivity contribution in [2.45, 2.75) is 34.1 Å². The summed E-state index contributed by atoms with van der Waals surface area (Å²) in [6.07, 6.45) is 0.154. The third kappa shape index (κ3) is 4.83. The number of halogens is 2. The molecule has 0 aliphatic rings. The number of nitrogens with zero attached hydrogens (tertiary/aromatic N) is 2. The van der Waals surface area contributed by atoms with Gasteiger partial charge in [0.2, 0.25) is 11.8 Å². The molecule has 0 saturated heterocycles. The van der Waals surface area contributed by atoms with E-state index in [0.29, 0.717) is 21.4 Å². The van der Waals surface area contributed by atoms with E-state index in [1.54, 1.807) is 22.9 Å².